The smallest absolute Gasteiger partial charge is 0.217 e. The van der Waals surface area contributed by atoms with Gasteiger partial charge in [0.15, 0.2) is 0 Å². The Labute approximate surface area is 70.9 Å². The zero-order valence-electron chi connectivity index (χ0n) is 7.22. The van der Waals surface area contributed by atoms with Crippen molar-refractivity contribution >= 4 is 22.8 Å². The molecule has 0 aromatic heterocycles. The van der Waals surface area contributed by atoms with Gasteiger partial charge in [-0.2, -0.15) is 0 Å². The highest BCUT2D eigenvalue weighted by Gasteiger charge is 2.26. The summed E-state index contributed by atoms with van der Waals surface area (Å²) < 4.78 is 0. The summed E-state index contributed by atoms with van der Waals surface area (Å²) in [6.45, 7) is 4.77. The van der Waals surface area contributed by atoms with E-state index in [-0.39, 0.29) is 11.0 Å². The summed E-state index contributed by atoms with van der Waals surface area (Å²) in [6.07, 6.45) is 1.70. The molecule has 0 bridgehead atoms. The number of hydrogen-bond donors (Lipinski definition) is 1. The third-order valence-electron chi connectivity index (χ3n) is 1.18. The Balaban J connectivity index is 4.21. The Kier molecular flexibility index (Phi) is 3.58. The van der Waals surface area contributed by atoms with Crippen molar-refractivity contribution in [3.63, 3.8) is 0 Å². The van der Waals surface area contributed by atoms with Gasteiger partial charge in [-0.05, 0) is 20.1 Å². The van der Waals surface area contributed by atoms with Crippen LogP contribution in [0.4, 0.5) is 0 Å². The zero-order valence-corrected chi connectivity index (χ0v) is 8.04. The van der Waals surface area contributed by atoms with Gasteiger partial charge in [-0.1, -0.05) is 11.8 Å². The van der Waals surface area contributed by atoms with Gasteiger partial charge in [0.1, 0.15) is 5.54 Å². The molecule has 0 atom stereocenters. The van der Waals surface area contributed by atoms with Crippen LogP contribution in [0.2, 0.25) is 0 Å². The number of carbonyl (C=O) groups is 2. The number of rotatable bonds is 2. The summed E-state index contributed by atoms with van der Waals surface area (Å²) in [7, 11) is 0. The maximum Gasteiger partial charge on any atom is 0.217 e. The lowest BCUT2D eigenvalue weighted by Gasteiger charge is -2.22. The highest BCUT2D eigenvalue weighted by Crippen LogP contribution is 2.11. The van der Waals surface area contributed by atoms with Crippen LogP contribution in [0, 0.1) is 0 Å². The minimum absolute atomic E-state index is 0.0345. The maximum absolute atomic E-state index is 11.1. The fraction of sp³-hybridized carbons (Fsp3) is 0.714. The van der Waals surface area contributed by atoms with Gasteiger partial charge in [0.2, 0.25) is 11.0 Å². The van der Waals surface area contributed by atoms with Gasteiger partial charge < -0.3 is 5.32 Å². The van der Waals surface area contributed by atoms with Crippen LogP contribution in [0.1, 0.15) is 20.8 Å². The van der Waals surface area contributed by atoms with E-state index < -0.39 is 5.54 Å². The molecular formula is C7H13NO2S. The van der Waals surface area contributed by atoms with Crippen LogP contribution in [0.3, 0.4) is 0 Å². The number of carbonyl (C=O) groups excluding carboxylic acids is 2. The van der Waals surface area contributed by atoms with Gasteiger partial charge in [0.05, 0.1) is 0 Å². The van der Waals surface area contributed by atoms with E-state index >= 15 is 0 Å². The number of thioether (sulfide) groups is 1. The molecule has 1 amide bonds. The van der Waals surface area contributed by atoms with Gasteiger partial charge in [-0.3, -0.25) is 9.59 Å². The second-order valence-corrected chi connectivity index (χ2v) is 3.58. The Bertz CT molecular complexity index is 177. The largest absolute Gasteiger partial charge is 0.343 e. The molecule has 1 N–H and O–H groups in total. The molecule has 11 heavy (non-hydrogen) atoms. The molecule has 0 aliphatic heterocycles. The lowest BCUT2D eigenvalue weighted by Crippen LogP contribution is -2.47. The Morgan fingerprint density at radius 1 is 1.36 bits per heavy atom. The van der Waals surface area contributed by atoms with Crippen LogP contribution in [0.15, 0.2) is 0 Å². The Morgan fingerprint density at radius 3 is 2.09 bits per heavy atom. The normalized spacial score (nSPS) is 10.9. The first kappa shape index (κ1) is 10.5. The first-order chi connectivity index (χ1) is 4.90. The molecule has 0 radical (unpaired) electrons. The predicted molar refractivity (Wildman–Crippen MR) is 46.4 cm³/mol. The molecule has 0 heterocycles. The quantitative estimate of drug-likeness (QED) is 0.675. The summed E-state index contributed by atoms with van der Waals surface area (Å²) in [5.74, 6) is -0.183. The molecule has 0 aromatic rings. The first-order valence-electron chi connectivity index (χ1n) is 3.27. The number of amides is 1. The average Bonchev–Trinajstić information content (AvgIpc) is 1.83. The molecule has 3 nitrogen and oxygen atoms in total. The van der Waals surface area contributed by atoms with Gasteiger partial charge in [0.25, 0.3) is 0 Å². The van der Waals surface area contributed by atoms with Crippen molar-refractivity contribution in [3.8, 4) is 0 Å². The van der Waals surface area contributed by atoms with Crippen LogP contribution in [-0.4, -0.2) is 22.8 Å². The minimum Gasteiger partial charge on any atom is -0.343 e. The van der Waals surface area contributed by atoms with E-state index in [2.05, 4.69) is 5.32 Å². The maximum atomic E-state index is 11.1. The predicted octanol–water partition coefficient (Wildman–Crippen LogP) is 0.791. The highest BCUT2D eigenvalue weighted by atomic mass is 32.2. The van der Waals surface area contributed by atoms with Crippen molar-refractivity contribution in [1.82, 2.24) is 5.32 Å². The van der Waals surface area contributed by atoms with Gasteiger partial charge in [-0.15, -0.1) is 0 Å². The van der Waals surface area contributed by atoms with E-state index in [0.29, 0.717) is 0 Å². The van der Waals surface area contributed by atoms with Crippen molar-refractivity contribution in [1.29, 1.82) is 0 Å². The fourth-order valence-corrected chi connectivity index (χ4v) is 1.31. The molecule has 0 spiro atoms. The van der Waals surface area contributed by atoms with E-state index in [0.717, 1.165) is 11.8 Å². The van der Waals surface area contributed by atoms with Gasteiger partial charge in [0, 0.05) is 6.92 Å². The third kappa shape index (κ3) is 3.41. The molecule has 0 aliphatic carbocycles. The Hall–Kier alpha value is -0.510. The molecule has 4 heteroatoms. The zero-order chi connectivity index (χ0) is 9.07. The lowest BCUT2D eigenvalue weighted by molar-refractivity contribution is -0.125. The minimum atomic E-state index is -0.745. The van der Waals surface area contributed by atoms with Crippen molar-refractivity contribution in [3.05, 3.63) is 0 Å². The highest BCUT2D eigenvalue weighted by molar-refractivity contribution is 8.13. The second-order valence-electron chi connectivity index (χ2n) is 2.80. The van der Waals surface area contributed by atoms with Crippen molar-refractivity contribution in [2.75, 3.05) is 6.26 Å². The van der Waals surface area contributed by atoms with E-state index in [4.69, 9.17) is 0 Å². The van der Waals surface area contributed by atoms with Crippen LogP contribution in [0.5, 0.6) is 0 Å². The van der Waals surface area contributed by atoms with Crippen molar-refractivity contribution in [2.24, 2.45) is 0 Å². The van der Waals surface area contributed by atoms with Crippen LogP contribution in [0.25, 0.3) is 0 Å². The summed E-state index contributed by atoms with van der Waals surface area (Å²) in [5.41, 5.74) is -0.745. The standard InChI is InChI=1S/C7H13NO2S/c1-5(9)8-7(2,3)6(10)11-4/h1-4H3,(H,8,9). The first-order valence-corrected chi connectivity index (χ1v) is 4.50. The van der Waals surface area contributed by atoms with E-state index in [1.807, 2.05) is 0 Å². The number of nitrogens with one attached hydrogen (secondary N) is 1. The Morgan fingerprint density at radius 2 is 1.82 bits per heavy atom. The van der Waals surface area contributed by atoms with Crippen LogP contribution < -0.4 is 5.32 Å². The second kappa shape index (κ2) is 3.76. The summed E-state index contributed by atoms with van der Waals surface area (Å²) in [4.78, 5) is 21.7. The summed E-state index contributed by atoms with van der Waals surface area (Å²) in [6, 6.07) is 0. The summed E-state index contributed by atoms with van der Waals surface area (Å²) in [5, 5.41) is 2.53. The van der Waals surface area contributed by atoms with E-state index in [1.165, 1.54) is 6.92 Å². The molecule has 0 fully saturated rings. The average molecular weight is 175 g/mol. The van der Waals surface area contributed by atoms with Crippen molar-refractivity contribution in [2.45, 2.75) is 26.3 Å². The van der Waals surface area contributed by atoms with Crippen molar-refractivity contribution < 1.29 is 9.59 Å². The molecule has 0 saturated heterocycles. The lowest BCUT2D eigenvalue weighted by atomic mass is 10.1. The SMILES string of the molecule is CSC(=O)C(C)(C)NC(C)=O. The summed E-state index contributed by atoms with van der Waals surface area (Å²) >= 11 is 1.12. The number of hydrogen-bond acceptors (Lipinski definition) is 3. The monoisotopic (exact) mass is 175 g/mol. The molecule has 0 saturated carbocycles. The molecule has 0 unspecified atom stereocenters. The van der Waals surface area contributed by atoms with Gasteiger partial charge >= 0.3 is 0 Å². The fourth-order valence-electron chi connectivity index (χ4n) is 0.746. The molecular weight excluding hydrogens is 162 g/mol. The van der Waals surface area contributed by atoms with Gasteiger partial charge in [-0.25, -0.2) is 0 Å². The van der Waals surface area contributed by atoms with Crippen LogP contribution in [-0.2, 0) is 9.59 Å². The van der Waals surface area contributed by atoms with E-state index in [1.54, 1.807) is 20.1 Å². The topological polar surface area (TPSA) is 46.2 Å². The molecule has 0 aliphatic rings. The third-order valence-corrected chi connectivity index (χ3v) is 2.07. The van der Waals surface area contributed by atoms with Crippen LogP contribution >= 0.6 is 11.8 Å². The molecule has 64 valence electrons. The molecule has 0 aromatic carbocycles. The molecule has 0 rings (SSSR count). The van der Waals surface area contributed by atoms with E-state index in [9.17, 15) is 9.59 Å².